The Labute approximate surface area is 187 Å². The van der Waals surface area contributed by atoms with Crippen molar-refractivity contribution in [2.45, 2.75) is 19.0 Å². The van der Waals surface area contributed by atoms with Crippen molar-refractivity contribution in [3.63, 3.8) is 0 Å². The topological polar surface area (TPSA) is 66.9 Å². The van der Waals surface area contributed by atoms with Gasteiger partial charge >= 0.3 is 0 Å². The van der Waals surface area contributed by atoms with E-state index in [9.17, 15) is 14.4 Å². The molecule has 0 fully saturated rings. The van der Waals surface area contributed by atoms with Crippen LogP contribution in [0.2, 0.25) is 0 Å². The molecule has 1 aliphatic heterocycles. The van der Waals surface area contributed by atoms with Gasteiger partial charge in [-0.15, -0.1) is 0 Å². The first-order valence-electron chi connectivity index (χ1n) is 10.4. The number of imide groups is 1. The molecule has 0 aromatic heterocycles. The third-order valence-electron chi connectivity index (χ3n) is 5.65. The number of methoxy groups -OCH3 is 1. The van der Waals surface area contributed by atoms with E-state index in [1.165, 1.54) is 0 Å². The number of fused-ring (bicyclic) bond motifs is 1. The zero-order valence-corrected chi connectivity index (χ0v) is 18.0. The van der Waals surface area contributed by atoms with Gasteiger partial charge < -0.3 is 9.64 Å². The molecule has 162 valence electrons. The number of carbonyl (C=O) groups is 3. The summed E-state index contributed by atoms with van der Waals surface area (Å²) in [5, 5.41) is 0. The van der Waals surface area contributed by atoms with Crippen LogP contribution in [0.1, 0.15) is 31.8 Å². The van der Waals surface area contributed by atoms with Gasteiger partial charge in [-0.1, -0.05) is 54.6 Å². The molecule has 6 nitrogen and oxygen atoms in total. The summed E-state index contributed by atoms with van der Waals surface area (Å²) in [5.41, 5.74) is 2.46. The molecule has 0 spiro atoms. The summed E-state index contributed by atoms with van der Waals surface area (Å²) < 4.78 is 5.19. The molecule has 0 aliphatic carbocycles. The maximum absolute atomic E-state index is 13.6. The van der Waals surface area contributed by atoms with Crippen LogP contribution in [0.4, 0.5) is 0 Å². The maximum atomic E-state index is 13.6. The van der Waals surface area contributed by atoms with Gasteiger partial charge in [-0.25, -0.2) is 0 Å². The Morgan fingerprint density at radius 3 is 1.97 bits per heavy atom. The normalized spacial score (nSPS) is 13.6. The standard InChI is InChI=1S/C26H24N2O4/c1-27(17-19-12-14-20(32-2)15-13-19)26(31)23(16-18-8-4-3-5-9-18)28-24(29)21-10-6-7-11-22(21)25(28)30/h3-15,23H,16-17H2,1-2H3/t23-/m0/s1. The van der Waals surface area contributed by atoms with Gasteiger partial charge in [0.05, 0.1) is 18.2 Å². The second-order valence-electron chi connectivity index (χ2n) is 7.77. The van der Waals surface area contributed by atoms with Crippen LogP contribution in [0.5, 0.6) is 5.75 Å². The molecule has 3 aromatic carbocycles. The lowest BCUT2D eigenvalue weighted by molar-refractivity contribution is -0.134. The Balaban J connectivity index is 1.62. The van der Waals surface area contributed by atoms with Crippen molar-refractivity contribution in [1.82, 2.24) is 9.80 Å². The molecule has 3 amide bonds. The van der Waals surface area contributed by atoms with Gasteiger partial charge in [0.2, 0.25) is 5.91 Å². The van der Waals surface area contributed by atoms with Crippen molar-refractivity contribution >= 4 is 17.7 Å². The minimum Gasteiger partial charge on any atom is -0.497 e. The van der Waals surface area contributed by atoms with E-state index >= 15 is 0 Å². The molecule has 0 saturated carbocycles. The highest BCUT2D eigenvalue weighted by Crippen LogP contribution is 2.27. The molecular formula is C26H24N2O4. The smallest absolute Gasteiger partial charge is 0.262 e. The highest BCUT2D eigenvalue weighted by atomic mass is 16.5. The molecule has 0 unspecified atom stereocenters. The van der Waals surface area contributed by atoms with Gasteiger partial charge in [-0.2, -0.15) is 0 Å². The molecule has 32 heavy (non-hydrogen) atoms. The fourth-order valence-corrected chi connectivity index (χ4v) is 3.95. The second kappa shape index (κ2) is 9.06. The van der Waals surface area contributed by atoms with Crippen molar-refractivity contribution in [3.8, 4) is 5.75 Å². The SMILES string of the molecule is COc1ccc(CN(C)C(=O)[C@H](Cc2ccccc2)N2C(=O)c3ccccc3C2=O)cc1. The van der Waals surface area contributed by atoms with Gasteiger partial charge in [0.25, 0.3) is 11.8 Å². The number of benzene rings is 3. The Kier molecular flexibility index (Phi) is 6.03. The fraction of sp³-hybridized carbons (Fsp3) is 0.192. The zero-order chi connectivity index (χ0) is 22.7. The van der Waals surface area contributed by atoms with Gasteiger partial charge in [-0.05, 0) is 35.4 Å². The van der Waals surface area contributed by atoms with Gasteiger partial charge in [-0.3, -0.25) is 19.3 Å². The molecule has 0 bridgehead atoms. The first kappa shape index (κ1) is 21.3. The van der Waals surface area contributed by atoms with Crippen molar-refractivity contribution in [3.05, 3.63) is 101 Å². The molecule has 3 aromatic rings. The quantitative estimate of drug-likeness (QED) is 0.540. The number of hydrogen-bond acceptors (Lipinski definition) is 4. The number of amides is 3. The number of hydrogen-bond donors (Lipinski definition) is 0. The van der Waals surface area contributed by atoms with Crippen LogP contribution >= 0.6 is 0 Å². The monoisotopic (exact) mass is 428 g/mol. The fourth-order valence-electron chi connectivity index (χ4n) is 3.95. The van der Waals surface area contributed by atoms with Crippen LogP contribution in [0.15, 0.2) is 78.9 Å². The Morgan fingerprint density at radius 2 is 1.41 bits per heavy atom. The van der Waals surface area contributed by atoms with Crippen molar-refractivity contribution in [2.24, 2.45) is 0 Å². The van der Waals surface area contributed by atoms with Crippen LogP contribution in [0.25, 0.3) is 0 Å². The van der Waals surface area contributed by atoms with Crippen molar-refractivity contribution < 1.29 is 19.1 Å². The first-order valence-corrected chi connectivity index (χ1v) is 10.4. The third kappa shape index (κ3) is 4.12. The minimum atomic E-state index is -0.937. The minimum absolute atomic E-state index is 0.248. The highest BCUT2D eigenvalue weighted by Gasteiger charge is 2.43. The molecule has 0 saturated heterocycles. The van der Waals surface area contributed by atoms with E-state index < -0.39 is 17.9 Å². The zero-order valence-electron chi connectivity index (χ0n) is 18.0. The average molecular weight is 428 g/mol. The van der Waals surface area contributed by atoms with Gasteiger partial charge in [0.15, 0.2) is 0 Å². The van der Waals surface area contributed by atoms with Crippen LogP contribution in [-0.4, -0.2) is 47.7 Å². The Hall–Kier alpha value is -3.93. The molecule has 1 heterocycles. The van der Waals surface area contributed by atoms with E-state index in [4.69, 9.17) is 4.74 Å². The van der Waals surface area contributed by atoms with Crippen molar-refractivity contribution in [1.29, 1.82) is 0 Å². The number of likely N-dealkylation sites (N-methyl/N-ethyl adjacent to an activating group) is 1. The third-order valence-corrected chi connectivity index (χ3v) is 5.65. The molecule has 0 radical (unpaired) electrons. The van der Waals surface area contributed by atoms with E-state index in [2.05, 4.69) is 0 Å². The summed E-state index contributed by atoms with van der Waals surface area (Å²) in [6, 6.07) is 22.6. The summed E-state index contributed by atoms with van der Waals surface area (Å²) in [6.45, 7) is 0.345. The van der Waals surface area contributed by atoms with Crippen LogP contribution in [-0.2, 0) is 17.8 Å². The van der Waals surface area contributed by atoms with Crippen LogP contribution < -0.4 is 4.74 Å². The molecule has 1 aliphatic rings. The number of nitrogens with zero attached hydrogens (tertiary/aromatic N) is 2. The summed E-state index contributed by atoms with van der Waals surface area (Å²) in [4.78, 5) is 42.5. The van der Waals surface area contributed by atoms with E-state index in [0.717, 1.165) is 21.8 Å². The number of carbonyl (C=O) groups excluding carboxylic acids is 3. The lowest BCUT2D eigenvalue weighted by Gasteiger charge is -2.29. The van der Waals surface area contributed by atoms with Gasteiger partial charge in [0.1, 0.15) is 11.8 Å². The van der Waals surface area contributed by atoms with E-state index in [1.54, 1.807) is 43.3 Å². The summed E-state index contributed by atoms with van der Waals surface area (Å²) in [5.74, 6) is -0.426. The maximum Gasteiger partial charge on any atom is 0.262 e. The summed E-state index contributed by atoms with van der Waals surface area (Å²) in [7, 11) is 3.28. The lowest BCUT2D eigenvalue weighted by atomic mass is 10.0. The van der Waals surface area contributed by atoms with E-state index in [1.807, 2.05) is 54.6 Å². The predicted octanol–water partition coefficient (Wildman–Crippen LogP) is 3.56. The number of ether oxygens (including phenoxy) is 1. The van der Waals surface area contributed by atoms with Crippen molar-refractivity contribution in [2.75, 3.05) is 14.2 Å². The largest absolute Gasteiger partial charge is 0.497 e. The molecule has 6 heteroatoms. The Bertz CT molecular complexity index is 1110. The lowest BCUT2D eigenvalue weighted by Crippen LogP contribution is -2.51. The molecule has 1 atom stereocenters. The highest BCUT2D eigenvalue weighted by molar-refractivity contribution is 6.22. The van der Waals surface area contributed by atoms with E-state index in [0.29, 0.717) is 17.7 Å². The molecule has 0 N–H and O–H groups in total. The Morgan fingerprint density at radius 1 is 0.844 bits per heavy atom. The summed E-state index contributed by atoms with van der Waals surface area (Å²) in [6.07, 6.45) is 0.248. The molecule has 4 rings (SSSR count). The average Bonchev–Trinajstić information content (AvgIpc) is 3.08. The second-order valence-corrected chi connectivity index (χ2v) is 7.77. The van der Waals surface area contributed by atoms with Crippen LogP contribution in [0, 0.1) is 0 Å². The predicted molar refractivity (Wildman–Crippen MR) is 120 cm³/mol. The first-order chi connectivity index (χ1) is 15.5. The summed E-state index contributed by atoms with van der Waals surface area (Å²) >= 11 is 0. The van der Waals surface area contributed by atoms with Crippen LogP contribution in [0.3, 0.4) is 0 Å². The number of rotatable bonds is 7. The van der Waals surface area contributed by atoms with Gasteiger partial charge in [0, 0.05) is 20.0 Å². The molecular weight excluding hydrogens is 404 g/mol. The van der Waals surface area contributed by atoms with E-state index in [-0.39, 0.29) is 12.3 Å².